The van der Waals surface area contributed by atoms with Gasteiger partial charge in [-0.3, -0.25) is 4.79 Å². The van der Waals surface area contributed by atoms with Crippen molar-refractivity contribution in [2.45, 2.75) is 26.7 Å². The van der Waals surface area contributed by atoms with Crippen LogP contribution in [0.5, 0.6) is 5.88 Å². The van der Waals surface area contributed by atoms with Gasteiger partial charge in [-0.1, -0.05) is 13.3 Å². The van der Waals surface area contributed by atoms with Crippen molar-refractivity contribution in [1.29, 1.82) is 0 Å². The molecule has 0 spiro atoms. The quantitative estimate of drug-likeness (QED) is 0.769. The van der Waals surface area contributed by atoms with Crippen molar-refractivity contribution in [1.82, 2.24) is 9.97 Å². The lowest BCUT2D eigenvalue weighted by Gasteiger charge is -2.12. The number of aryl methyl sites for hydroxylation is 1. The van der Waals surface area contributed by atoms with Crippen LogP contribution in [-0.4, -0.2) is 34.7 Å². The van der Waals surface area contributed by atoms with E-state index in [9.17, 15) is 4.79 Å². The summed E-state index contributed by atoms with van der Waals surface area (Å²) in [6.07, 6.45) is 1.46. The minimum atomic E-state index is -0.802. The number of rotatable bonds is 7. The molecule has 0 bridgehead atoms. The van der Waals surface area contributed by atoms with E-state index in [1.54, 1.807) is 6.07 Å². The van der Waals surface area contributed by atoms with Crippen LogP contribution in [0.1, 0.15) is 25.5 Å². The zero-order valence-corrected chi connectivity index (χ0v) is 10.9. The van der Waals surface area contributed by atoms with Crippen LogP contribution in [0.2, 0.25) is 0 Å². The SMILES string of the molecule is CCCC(CNc1nc(C)cc(OC)n1)C(=O)O. The zero-order valence-electron chi connectivity index (χ0n) is 10.9. The third-order valence-corrected chi connectivity index (χ3v) is 2.53. The third kappa shape index (κ3) is 4.20. The Morgan fingerprint density at radius 1 is 1.56 bits per heavy atom. The maximum absolute atomic E-state index is 11.0. The van der Waals surface area contributed by atoms with Crippen molar-refractivity contribution < 1.29 is 14.6 Å². The van der Waals surface area contributed by atoms with Gasteiger partial charge in [-0.15, -0.1) is 0 Å². The number of aromatic nitrogens is 2. The molecule has 1 unspecified atom stereocenters. The summed E-state index contributed by atoms with van der Waals surface area (Å²) in [6, 6.07) is 1.71. The average molecular weight is 253 g/mol. The van der Waals surface area contributed by atoms with Crippen LogP contribution in [0.25, 0.3) is 0 Å². The van der Waals surface area contributed by atoms with E-state index in [0.29, 0.717) is 24.8 Å². The summed E-state index contributed by atoms with van der Waals surface area (Å²) in [5.74, 6) is -0.365. The van der Waals surface area contributed by atoms with Crippen LogP contribution in [0, 0.1) is 12.8 Å². The lowest BCUT2D eigenvalue weighted by molar-refractivity contribution is -0.141. The minimum Gasteiger partial charge on any atom is -0.481 e. The molecule has 6 nitrogen and oxygen atoms in total. The molecular weight excluding hydrogens is 234 g/mol. The van der Waals surface area contributed by atoms with Crippen LogP contribution >= 0.6 is 0 Å². The number of methoxy groups -OCH3 is 1. The minimum absolute atomic E-state index is 0.315. The van der Waals surface area contributed by atoms with E-state index in [1.807, 2.05) is 13.8 Å². The first-order valence-electron chi connectivity index (χ1n) is 5.93. The fourth-order valence-corrected chi connectivity index (χ4v) is 1.60. The average Bonchev–Trinajstić information content (AvgIpc) is 2.33. The van der Waals surface area contributed by atoms with E-state index in [0.717, 1.165) is 12.1 Å². The molecule has 0 saturated carbocycles. The van der Waals surface area contributed by atoms with Crippen molar-refractivity contribution in [3.05, 3.63) is 11.8 Å². The van der Waals surface area contributed by atoms with Gasteiger partial charge in [0.25, 0.3) is 0 Å². The molecule has 1 heterocycles. The Balaban J connectivity index is 2.66. The molecule has 0 fully saturated rings. The highest BCUT2D eigenvalue weighted by atomic mass is 16.5. The second-order valence-corrected chi connectivity index (χ2v) is 4.08. The molecule has 100 valence electrons. The highest BCUT2D eigenvalue weighted by Gasteiger charge is 2.16. The molecule has 1 atom stereocenters. The first-order valence-corrected chi connectivity index (χ1v) is 5.93. The predicted octanol–water partition coefficient (Wildman–Crippen LogP) is 1.71. The predicted molar refractivity (Wildman–Crippen MR) is 67.8 cm³/mol. The highest BCUT2D eigenvalue weighted by molar-refractivity contribution is 5.70. The summed E-state index contributed by atoms with van der Waals surface area (Å²) in [6.45, 7) is 4.11. The van der Waals surface area contributed by atoms with Crippen molar-refractivity contribution in [2.75, 3.05) is 19.0 Å². The molecule has 0 aliphatic rings. The van der Waals surface area contributed by atoms with E-state index in [4.69, 9.17) is 9.84 Å². The molecule has 2 N–H and O–H groups in total. The summed E-state index contributed by atoms with van der Waals surface area (Å²) >= 11 is 0. The van der Waals surface area contributed by atoms with Crippen molar-refractivity contribution >= 4 is 11.9 Å². The normalized spacial score (nSPS) is 11.9. The van der Waals surface area contributed by atoms with Gasteiger partial charge in [-0.25, -0.2) is 4.98 Å². The van der Waals surface area contributed by atoms with Gasteiger partial charge in [-0.2, -0.15) is 4.98 Å². The lowest BCUT2D eigenvalue weighted by atomic mass is 10.0. The maximum atomic E-state index is 11.0. The first-order chi connectivity index (χ1) is 8.56. The molecule has 0 radical (unpaired) electrons. The van der Waals surface area contributed by atoms with Gasteiger partial charge in [-0.05, 0) is 13.3 Å². The smallest absolute Gasteiger partial charge is 0.308 e. The van der Waals surface area contributed by atoms with Crippen LogP contribution in [-0.2, 0) is 4.79 Å². The number of anilines is 1. The molecule has 6 heteroatoms. The molecule has 1 aromatic heterocycles. The van der Waals surface area contributed by atoms with Gasteiger partial charge in [0.15, 0.2) is 0 Å². The Bertz CT molecular complexity index is 410. The number of nitrogens with zero attached hydrogens (tertiary/aromatic N) is 2. The standard InChI is InChI=1S/C12H19N3O3/c1-4-5-9(11(16)17)7-13-12-14-8(2)6-10(15-12)18-3/h6,9H,4-5,7H2,1-3H3,(H,16,17)(H,13,14,15). The van der Waals surface area contributed by atoms with Crippen molar-refractivity contribution in [2.24, 2.45) is 5.92 Å². The summed E-state index contributed by atoms with van der Waals surface area (Å²) in [5, 5.41) is 12.0. The van der Waals surface area contributed by atoms with Gasteiger partial charge in [0.2, 0.25) is 11.8 Å². The van der Waals surface area contributed by atoms with E-state index < -0.39 is 11.9 Å². The monoisotopic (exact) mass is 253 g/mol. The number of ether oxygens (including phenoxy) is 1. The fraction of sp³-hybridized carbons (Fsp3) is 0.583. The van der Waals surface area contributed by atoms with Crippen LogP contribution < -0.4 is 10.1 Å². The van der Waals surface area contributed by atoms with E-state index in [1.165, 1.54) is 7.11 Å². The highest BCUT2D eigenvalue weighted by Crippen LogP contribution is 2.13. The molecule has 0 aliphatic carbocycles. The van der Waals surface area contributed by atoms with Crippen LogP contribution in [0.4, 0.5) is 5.95 Å². The molecule has 1 aromatic rings. The van der Waals surface area contributed by atoms with Gasteiger partial charge in [0.05, 0.1) is 13.0 Å². The molecule has 18 heavy (non-hydrogen) atoms. The van der Waals surface area contributed by atoms with E-state index in [-0.39, 0.29) is 0 Å². The molecule has 1 rings (SSSR count). The fourth-order valence-electron chi connectivity index (χ4n) is 1.60. The molecule has 0 aromatic carbocycles. The van der Waals surface area contributed by atoms with Crippen molar-refractivity contribution in [3.63, 3.8) is 0 Å². The number of carboxylic acids is 1. The topological polar surface area (TPSA) is 84.3 Å². The third-order valence-electron chi connectivity index (χ3n) is 2.53. The number of hydrogen-bond donors (Lipinski definition) is 2. The van der Waals surface area contributed by atoms with Gasteiger partial charge in [0.1, 0.15) is 0 Å². The first kappa shape index (κ1) is 14.2. The van der Waals surface area contributed by atoms with Gasteiger partial charge in [0, 0.05) is 18.3 Å². The summed E-state index contributed by atoms with van der Waals surface area (Å²) in [5.41, 5.74) is 0.770. The Kier molecular flexibility index (Phi) is 5.35. The molecular formula is C12H19N3O3. The van der Waals surface area contributed by atoms with Crippen LogP contribution in [0.15, 0.2) is 6.07 Å². The molecule has 0 aliphatic heterocycles. The Morgan fingerprint density at radius 2 is 2.28 bits per heavy atom. The number of carboxylic acid groups (broad SMARTS) is 1. The van der Waals surface area contributed by atoms with Gasteiger partial charge < -0.3 is 15.2 Å². The molecule has 0 saturated heterocycles. The van der Waals surface area contributed by atoms with Crippen LogP contribution in [0.3, 0.4) is 0 Å². The number of nitrogens with one attached hydrogen (secondary N) is 1. The maximum Gasteiger partial charge on any atom is 0.308 e. The second-order valence-electron chi connectivity index (χ2n) is 4.08. The van der Waals surface area contributed by atoms with Crippen molar-refractivity contribution in [3.8, 4) is 5.88 Å². The number of aliphatic carboxylic acids is 1. The lowest BCUT2D eigenvalue weighted by Crippen LogP contribution is -2.23. The zero-order chi connectivity index (χ0) is 13.5. The summed E-state index contributed by atoms with van der Waals surface area (Å²) in [7, 11) is 1.53. The summed E-state index contributed by atoms with van der Waals surface area (Å²) in [4.78, 5) is 19.3. The number of carbonyl (C=O) groups is 1. The molecule has 0 amide bonds. The summed E-state index contributed by atoms with van der Waals surface area (Å²) < 4.78 is 5.03. The van der Waals surface area contributed by atoms with E-state index >= 15 is 0 Å². The Hall–Kier alpha value is -1.85. The number of hydrogen-bond acceptors (Lipinski definition) is 5. The second kappa shape index (κ2) is 6.78. The van der Waals surface area contributed by atoms with E-state index in [2.05, 4.69) is 15.3 Å². The van der Waals surface area contributed by atoms with Gasteiger partial charge >= 0.3 is 5.97 Å². The largest absolute Gasteiger partial charge is 0.481 e. The Morgan fingerprint density at radius 3 is 2.83 bits per heavy atom. The Labute approximate surface area is 106 Å².